The van der Waals surface area contributed by atoms with Gasteiger partial charge in [0.1, 0.15) is 24.2 Å². The quantitative estimate of drug-likeness (QED) is 0.799. The maximum absolute atomic E-state index is 11.0. The SMILES string of the molecule is Cc1cccc(C=O)c1OCC1Cc2ccccc2O1. The van der Waals surface area contributed by atoms with Gasteiger partial charge >= 0.3 is 0 Å². The zero-order valence-electron chi connectivity index (χ0n) is 11.3. The largest absolute Gasteiger partial charge is 0.489 e. The Morgan fingerprint density at radius 3 is 2.90 bits per heavy atom. The van der Waals surface area contributed by atoms with Gasteiger partial charge in [-0.3, -0.25) is 4.79 Å². The molecule has 0 aliphatic carbocycles. The fourth-order valence-electron chi connectivity index (χ4n) is 2.49. The van der Waals surface area contributed by atoms with Crippen LogP contribution in [0.15, 0.2) is 42.5 Å². The topological polar surface area (TPSA) is 35.5 Å². The van der Waals surface area contributed by atoms with Crippen molar-refractivity contribution in [3.63, 3.8) is 0 Å². The maximum Gasteiger partial charge on any atom is 0.153 e. The highest BCUT2D eigenvalue weighted by atomic mass is 16.5. The van der Waals surface area contributed by atoms with Crippen LogP contribution in [-0.4, -0.2) is 19.0 Å². The van der Waals surface area contributed by atoms with Gasteiger partial charge < -0.3 is 9.47 Å². The zero-order valence-corrected chi connectivity index (χ0v) is 11.3. The number of ether oxygens (including phenoxy) is 2. The minimum absolute atomic E-state index is 0.00603. The second kappa shape index (κ2) is 5.37. The van der Waals surface area contributed by atoms with Crippen molar-refractivity contribution >= 4 is 6.29 Å². The van der Waals surface area contributed by atoms with E-state index >= 15 is 0 Å². The van der Waals surface area contributed by atoms with Gasteiger partial charge in [0, 0.05) is 6.42 Å². The molecule has 20 heavy (non-hydrogen) atoms. The van der Waals surface area contributed by atoms with Crippen LogP contribution in [-0.2, 0) is 6.42 Å². The van der Waals surface area contributed by atoms with Crippen molar-refractivity contribution in [3.8, 4) is 11.5 Å². The van der Waals surface area contributed by atoms with E-state index in [0.717, 1.165) is 24.0 Å². The van der Waals surface area contributed by atoms with Crippen molar-refractivity contribution in [2.24, 2.45) is 0 Å². The van der Waals surface area contributed by atoms with Gasteiger partial charge in [-0.25, -0.2) is 0 Å². The van der Waals surface area contributed by atoms with Crippen molar-refractivity contribution in [1.82, 2.24) is 0 Å². The van der Waals surface area contributed by atoms with Crippen LogP contribution in [0, 0.1) is 6.92 Å². The number of rotatable bonds is 4. The summed E-state index contributed by atoms with van der Waals surface area (Å²) < 4.78 is 11.6. The maximum atomic E-state index is 11.0. The lowest BCUT2D eigenvalue weighted by molar-refractivity contribution is 0.111. The average Bonchev–Trinajstić information content (AvgIpc) is 2.88. The van der Waals surface area contributed by atoms with Crippen molar-refractivity contribution in [1.29, 1.82) is 0 Å². The molecule has 3 nitrogen and oxygen atoms in total. The van der Waals surface area contributed by atoms with E-state index in [1.165, 1.54) is 5.56 Å². The van der Waals surface area contributed by atoms with Crippen LogP contribution in [0.2, 0.25) is 0 Å². The number of aryl methyl sites for hydroxylation is 1. The molecule has 1 unspecified atom stereocenters. The van der Waals surface area contributed by atoms with Crippen molar-refractivity contribution in [2.75, 3.05) is 6.61 Å². The number of benzene rings is 2. The molecule has 0 bridgehead atoms. The molecular formula is C17H16O3. The van der Waals surface area contributed by atoms with E-state index in [1.54, 1.807) is 6.07 Å². The summed E-state index contributed by atoms with van der Waals surface area (Å²) in [5, 5.41) is 0. The van der Waals surface area contributed by atoms with E-state index in [2.05, 4.69) is 6.07 Å². The smallest absolute Gasteiger partial charge is 0.153 e. The van der Waals surface area contributed by atoms with Crippen LogP contribution >= 0.6 is 0 Å². The highest BCUT2D eigenvalue weighted by molar-refractivity contribution is 5.80. The number of hydrogen-bond donors (Lipinski definition) is 0. The molecule has 1 heterocycles. The third kappa shape index (κ3) is 2.39. The first-order chi connectivity index (χ1) is 9.78. The molecule has 0 amide bonds. The summed E-state index contributed by atoms with van der Waals surface area (Å²) >= 11 is 0. The Morgan fingerprint density at radius 1 is 1.25 bits per heavy atom. The molecule has 1 aliphatic rings. The summed E-state index contributed by atoms with van der Waals surface area (Å²) in [5.41, 5.74) is 2.76. The third-order valence-corrected chi connectivity index (χ3v) is 3.50. The van der Waals surface area contributed by atoms with Crippen LogP contribution in [0.3, 0.4) is 0 Å². The van der Waals surface area contributed by atoms with Crippen LogP contribution < -0.4 is 9.47 Å². The molecule has 0 saturated carbocycles. The molecule has 2 aromatic carbocycles. The number of carbonyl (C=O) groups excluding carboxylic acids is 1. The van der Waals surface area contributed by atoms with E-state index in [4.69, 9.17) is 9.47 Å². The van der Waals surface area contributed by atoms with Crippen molar-refractivity contribution < 1.29 is 14.3 Å². The molecule has 0 saturated heterocycles. The standard InChI is InChI=1S/C17H16O3/c1-12-5-4-7-14(10-18)17(12)19-11-15-9-13-6-2-3-8-16(13)20-15/h2-8,10,15H,9,11H2,1H3. The van der Waals surface area contributed by atoms with Crippen molar-refractivity contribution in [3.05, 3.63) is 59.2 Å². The number of hydrogen-bond acceptors (Lipinski definition) is 3. The molecule has 0 fully saturated rings. The van der Waals surface area contributed by atoms with E-state index in [-0.39, 0.29) is 6.10 Å². The van der Waals surface area contributed by atoms with Crippen LogP contribution in [0.25, 0.3) is 0 Å². The van der Waals surface area contributed by atoms with E-state index in [0.29, 0.717) is 17.9 Å². The summed E-state index contributed by atoms with van der Waals surface area (Å²) in [5.74, 6) is 1.59. The Balaban J connectivity index is 1.69. The van der Waals surface area contributed by atoms with Crippen LogP contribution in [0.4, 0.5) is 0 Å². The van der Waals surface area contributed by atoms with Crippen molar-refractivity contribution in [2.45, 2.75) is 19.4 Å². The Bertz CT molecular complexity index is 609. The summed E-state index contributed by atoms with van der Waals surface area (Å²) in [7, 11) is 0. The molecule has 1 atom stereocenters. The lowest BCUT2D eigenvalue weighted by atomic mass is 10.1. The second-order valence-corrected chi connectivity index (χ2v) is 4.97. The fraction of sp³-hybridized carbons (Fsp3) is 0.235. The first-order valence-corrected chi connectivity index (χ1v) is 6.70. The highest BCUT2D eigenvalue weighted by Gasteiger charge is 2.23. The van der Waals surface area contributed by atoms with Gasteiger partial charge in [-0.1, -0.05) is 30.3 Å². The molecule has 0 radical (unpaired) electrons. The number of aldehydes is 1. The van der Waals surface area contributed by atoms with Gasteiger partial charge in [0.25, 0.3) is 0 Å². The number of para-hydroxylation sites is 2. The lowest BCUT2D eigenvalue weighted by Crippen LogP contribution is -2.23. The first-order valence-electron chi connectivity index (χ1n) is 6.70. The minimum Gasteiger partial charge on any atom is -0.489 e. The van der Waals surface area contributed by atoms with Gasteiger partial charge in [-0.05, 0) is 30.2 Å². The zero-order chi connectivity index (χ0) is 13.9. The van der Waals surface area contributed by atoms with Gasteiger partial charge in [0.05, 0.1) is 5.56 Å². The minimum atomic E-state index is 0.00603. The molecule has 3 rings (SSSR count). The average molecular weight is 268 g/mol. The highest BCUT2D eigenvalue weighted by Crippen LogP contribution is 2.29. The normalized spacial score (nSPS) is 16.4. The molecular weight excluding hydrogens is 252 g/mol. The molecule has 0 aromatic heterocycles. The Labute approximate surface area is 118 Å². The number of fused-ring (bicyclic) bond motifs is 1. The Kier molecular flexibility index (Phi) is 3.42. The predicted molar refractivity (Wildman–Crippen MR) is 76.6 cm³/mol. The van der Waals surface area contributed by atoms with E-state index in [1.807, 2.05) is 37.3 Å². The Morgan fingerprint density at radius 2 is 2.10 bits per heavy atom. The molecule has 1 aliphatic heterocycles. The summed E-state index contributed by atoms with van der Waals surface area (Å²) in [6, 6.07) is 13.6. The van der Waals surface area contributed by atoms with E-state index in [9.17, 15) is 4.79 Å². The first kappa shape index (κ1) is 12.7. The lowest BCUT2D eigenvalue weighted by Gasteiger charge is -2.15. The van der Waals surface area contributed by atoms with Gasteiger partial charge in [-0.2, -0.15) is 0 Å². The second-order valence-electron chi connectivity index (χ2n) is 4.97. The molecule has 0 N–H and O–H groups in total. The van der Waals surface area contributed by atoms with Gasteiger partial charge in [0.2, 0.25) is 0 Å². The molecule has 2 aromatic rings. The van der Waals surface area contributed by atoms with Gasteiger partial charge in [0.15, 0.2) is 6.29 Å². The third-order valence-electron chi connectivity index (χ3n) is 3.50. The monoisotopic (exact) mass is 268 g/mol. The van der Waals surface area contributed by atoms with E-state index < -0.39 is 0 Å². The van der Waals surface area contributed by atoms with Crippen LogP contribution in [0.1, 0.15) is 21.5 Å². The summed E-state index contributed by atoms with van der Waals surface area (Å²) in [4.78, 5) is 11.0. The van der Waals surface area contributed by atoms with Crippen LogP contribution in [0.5, 0.6) is 11.5 Å². The molecule has 3 heteroatoms. The van der Waals surface area contributed by atoms with Gasteiger partial charge in [-0.15, -0.1) is 0 Å². The summed E-state index contributed by atoms with van der Waals surface area (Å²) in [6.45, 7) is 2.38. The number of carbonyl (C=O) groups is 1. The molecule has 0 spiro atoms. The summed E-state index contributed by atoms with van der Waals surface area (Å²) in [6.07, 6.45) is 1.68. The molecule has 102 valence electrons. The fourth-order valence-corrected chi connectivity index (χ4v) is 2.49. The predicted octanol–water partition coefficient (Wildman–Crippen LogP) is 3.19. The Hall–Kier alpha value is -2.29.